The normalized spacial score (nSPS) is 17.0. The first-order valence-corrected chi connectivity index (χ1v) is 11.2. The number of sulfonamides is 1. The van der Waals surface area contributed by atoms with E-state index < -0.39 is 10.0 Å². The number of piperidine rings is 1. The quantitative estimate of drug-likeness (QED) is 0.774. The Morgan fingerprint density at radius 1 is 1.12 bits per heavy atom. The second kappa shape index (κ2) is 8.64. The van der Waals surface area contributed by atoms with Crippen LogP contribution in [0.4, 0.5) is 0 Å². The van der Waals surface area contributed by atoms with Crippen molar-refractivity contribution < 1.29 is 8.42 Å². The summed E-state index contributed by atoms with van der Waals surface area (Å²) in [7, 11) is -3.43. The maximum atomic E-state index is 12.2. The molecule has 7 heteroatoms. The maximum absolute atomic E-state index is 12.2. The van der Waals surface area contributed by atoms with Gasteiger partial charge in [-0.3, -0.25) is 0 Å². The Bertz CT molecular complexity index is 769. The first-order chi connectivity index (χ1) is 12.0. The van der Waals surface area contributed by atoms with Crippen molar-refractivity contribution in [2.24, 2.45) is 5.92 Å². The molecule has 1 aromatic heterocycles. The molecule has 1 fully saturated rings. The number of rotatable bonds is 7. The Labute approximate surface area is 158 Å². The number of hydrogen-bond acceptors (Lipinski definition) is 4. The van der Waals surface area contributed by atoms with Gasteiger partial charge in [0, 0.05) is 13.1 Å². The van der Waals surface area contributed by atoms with Crippen LogP contribution in [-0.2, 0) is 16.4 Å². The highest BCUT2D eigenvalue weighted by molar-refractivity contribution is 7.91. The Morgan fingerprint density at radius 3 is 2.48 bits per heavy atom. The van der Waals surface area contributed by atoms with Crippen LogP contribution in [0, 0.1) is 5.92 Å². The summed E-state index contributed by atoms with van der Waals surface area (Å²) in [6, 6.07) is 13.7. The Hall–Kier alpha value is -0.920. The summed E-state index contributed by atoms with van der Waals surface area (Å²) < 4.78 is 28.0. The largest absolute Gasteiger partial charge is 0.303 e. The summed E-state index contributed by atoms with van der Waals surface area (Å²) >= 11 is 6.92. The standard InChI is InChI=1S/C18H23ClN2O2S2/c19-17-6-7-18(24-17)25(22,23)20-14-16-9-12-21(13-10-16)11-8-15-4-2-1-3-5-15/h1-7,16,20H,8-14H2. The van der Waals surface area contributed by atoms with Crippen LogP contribution >= 0.6 is 22.9 Å². The molecule has 2 aromatic rings. The number of thiophene rings is 1. The minimum absolute atomic E-state index is 0.290. The third-order valence-corrected chi connectivity index (χ3v) is 7.79. The number of hydrogen-bond donors (Lipinski definition) is 1. The molecule has 0 spiro atoms. The zero-order valence-corrected chi connectivity index (χ0v) is 16.4. The molecule has 1 aliphatic heterocycles. The van der Waals surface area contributed by atoms with E-state index in [9.17, 15) is 8.42 Å². The van der Waals surface area contributed by atoms with Crippen molar-refractivity contribution in [3.63, 3.8) is 0 Å². The van der Waals surface area contributed by atoms with Gasteiger partial charge in [0.05, 0.1) is 4.34 Å². The van der Waals surface area contributed by atoms with Crippen molar-refractivity contribution in [1.82, 2.24) is 9.62 Å². The number of benzene rings is 1. The van der Waals surface area contributed by atoms with Gasteiger partial charge < -0.3 is 4.90 Å². The van der Waals surface area contributed by atoms with Crippen LogP contribution in [0.25, 0.3) is 0 Å². The molecule has 1 saturated heterocycles. The molecule has 3 rings (SSSR count). The van der Waals surface area contributed by atoms with Gasteiger partial charge in [0.15, 0.2) is 0 Å². The van der Waals surface area contributed by atoms with Crippen LogP contribution < -0.4 is 4.72 Å². The van der Waals surface area contributed by atoms with E-state index in [0.29, 0.717) is 16.8 Å². The van der Waals surface area contributed by atoms with Gasteiger partial charge in [-0.2, -0.15) is 0 Å². The van der Waals surface area contributed by atoms with Crippen molar-refractivity contribution in [3.05, 3.63) is 52.4 Å². The smallest absolute Gasteiger partial charge is 0.250 e. The van der Waals surface area contributed by atoms with Crippen LogP contribution in [0.3, 0.4) is 0 Å². The number of nitrogens with one attached hydrogen (secondary N) is 1. The highest BCUT2D eigenvalue weighted by Crippen LogP contribution is 2.26. The van der Waals surface area contributed by atoms with E-state index in [0.717, 1.165) is 50.2 Å². The molecular weight excluding hydrogens is 376 g/mol. The van der Waals surface area contributed by atoms with Crippen LogP contribution in [-0.4, -0.2) is 39.5 Å². The van der Waals surface area contributed by atoms with Gasteiger partial charge in [-0.25, -0.2) is 13.1 Å². The summed E-state index contributed by atoms with van der Waals surface area (Å²) in [6.07, 6.45) is 3.13. The first kappa shape index (κ1) is 18.9. The molecule has 0 radical (unpaired) electrons. The molecule has 1 aliphatic rings. The highest BCUT2D eigenvalue weighted by Gasteiger charge is 2.22. The van der Waals surface area contributed by atoms with E-state index in [-0.39, 0.29) is 4.21 Å². The molecule has 1 aromatic carbocycles. The lowest BCUT2D eigenvalue weighted by molar-refractivity contribution is 0.187. The van der Waals surface area contributed by atoms with Crippen molar-refractivity contribution in [1.29, 1.82) is 0 Å². The molecule has 0 saturated carbocycles. The van der Waals surface area contributed by atoms with Crippen molar-refractivity contribution in [2.45, 2.75) is 23.5 Å². The van der Waals surface area contributed by atoms with Gasteiger partial charge in [-0.1, -0.05) is 41.9 Å². The zero-order valence-electron chi connectivity index (χ0n) is 14.0. The first-order valence-electron chi connectivity index (χ1n) is 8.54. The van der Waals surface area contributed by atoms with Gasteiger partial charge in [-0.15, -0.1) is 11.3 Å². The molecule has 4 nitrogen and oxygen atoms in total. The summed E-state index contributed by atoms with van der Waals surface area (Å²) in [6.45, 7) is 3.63. The Morgan fingerprint density at radius 2 is 1.84 bits per heavy atom. The Balaban J connectivity index is 1.40. The van der Waals surface area contributed by atoms with Gasteiger partial charge in [-0.05, 0) is 56.0 Å². The van der Waals surface area contributed by atoms with Gasteiger partial charge in [0.25, 0.3) is 0 Å². The van der Waals surface area contributed by atoms with E-state index in [1.54, 1.807) is 12.1 Å². The topological polar surface area (TPSA) is 49.4 Å². The number of halogens is 1. The summed E-state index contributed by atoms with van der Waals surface area (Å²) in [5, 5.41) is 0. The van der Waals surface area contributed by atoms with Crippen LogP contribution in [0.1, 0.15) is 18.4 Å². The molecule has 25 heavy (non-hydrogen) atoms. The highest BCUT2D eigenvalue weighted by atomic mass is 35.5. The minimum atomic E-state index is -3.43. The molecule has 0 atom stereocenters. The van der Waals surface area contributed by atoms with E-state index in [2.05, 4.69) is 33.9 Å². The predicted octanol–water partition coefficient (Wildman–Crippen LogP) is 3.63. The fourth-order valence-electron chi connectivity index (χ4n) is 3.09. The van der Waals surface area contributed by atoms with Crippen molar-refractivity contribution >= 4 is 33.0 Å². The van der Waals surface area contributed by atoms with Gasteiger partial charge in [0.2, 0.25) is 10.0 Å². The van der Waals surface area contributed by atoms with Crippen LogP contribution in [0.5, 0.6) is 0 Å². The van der Waals surface area contributed by atoms with Gasteiger partial charge in [0.1, 0.15) is 4.21 Å². The molecule has 0 bridgehead atoms. The Kier molecular flexibility index (Phi) is 6.52. The molecule has 0 amide bonds. The predicted molar refractivity (Wildman–Crippen MR) is 104 cm³/mol. The average molecular weight is 399 g/mol. The number of likely N-dealkylation sites (tertiary alicyclic amines) is 1. The van der Waals surface area contributed by atoms with Crippen LogP contribution in [0.2, 0.25) is 4.34 Å². The van der Waals surface area contributed by atoms with Crippen molar-refractivity contribution in [2.75, 3.05) is 26.2 Å². The zero-order chi connectivity index (χ0) is 17.7. The lowest BCUT2D eigenvalue weighted by Gasteiger charge is -2.32. The molecule has 0 aliphatic carbocycles. The fraction of sp³-hybridized carbons (Fsp3) is 0.444. The summed E-state index contributed by atoms with van der Waals surface area (Å²) in [5.74, 6) is 0.401. The third-order valence-electron chi connectivity index (χ3n) is 4.64. The van der Waals surface area contributed by atoms with Crippen LogP contribution in [0.15, 0.2) is 46.7 Å². The lowest BCUT2D eigenvalue weighted by atomic mass is 9.97. The average Bonchev–Trinajstić information content (AvgIpc) is 3.07. The summed E-state index contributed by atoms with van der Waals surface area (Å²) in [5.41, 5.74) is 1.37. The fourth-order valence-corrected chi connectivity index (χ4v) is 5.73. The van der Waals surface area contributed by atoms with E-state index in [4.69, 9.17) is 11.6 Å². The van der Waals surface area contributed by atoms with E-state index in [1.807, 2.05) is 6.07 Å². The SMILES string of the molecule is O=S(=O)(NCC1CCN(CCc2ccccc2)CC1)c1ccc(Cl)s1. The second-order valence-corrected chi connectivity index (χ2v) is 10.1. The van der Waals surface area contributed by atoms with E-state index in [1.165, 1.54) is 5.56 Å². The third kappa shape index (κ3) is 5.53. The molecule has 2 heterocycles. The van der Waals surface area contributed by atoms with Crippen molar-refractivity contribution in [3.8, 4) is 0 Å². The lowest BCUT2D eigenvalue weighted by Crippen LogP contribution is -2.39. The molecular formula is C18H23ClN2O2S2. The summed E-state index contributed by atoms with van der Waals surface area (Å²) in [4.78, 5) is 2.47. The second-order valence-electron chi connectivity index (χ2n) is 6.43. The molecule has 136 valence electrons. The van der Waals surface area contributed by atoms with Gasteiger partial charge >= 0.3 is 0 Å². The number of nitrogens with zero attached hydrogens (tertiary/aromatic N) is 1. The van der Waals surface area contributed by atoms with E-state index >= 15 is 0 Å². The maximum Gasteiger partial charge on any atom is 0.250 e. The molecule has 1 N–H and O–H groups in total. The minimum Gasteiger partial charge on any atom is -0.303 e. The monoisotopic (exact) mass is 398 g/mol. The molecule has 0 unspecified atom stereocenters.